The number of rotatable bonds is 6. The highest BCUT2D eigenvalue weighted by atomic mass is 16.5. The van der Waals surface area contributed by atoms with E-state index in [0.29, 0.717) is 18.8 Å². The number of methoxy groups -OCH3 is 1. The minimum Gasteiger partial charge on any atom is -0.383 e. The van der Waals surface area contributed by atoms with E-state index < -0.39 is 0 Å². The number of ether oxygens (including phenoxy) is 1. The van der Waals surface area contributed by atoms with Crippen LogP contribution in [0.15, 0.2) is 54.9 Å². The first-order valence-corrected chi connectivity index (χ1v) is 7.62. The number of anilines is 2. The summed E-state index contributed by atoms with van der Waals surface area (Å²) in [7, 11) is 1.59. The highest BCUT2D eigenvalue weighted by Crippen LogP contribution is 2.24. The van der Waals surface area contributed by atoms with Crippen molar-refractivity contribution in [3.8, 4) is 0 Å². The smallest absolute Gasteiger partial charge is 0.270 e. The number of aromatic nitrogens is 2. The molecule has 0 saturated heterocycles. The minimum atomic E-state index is -0.230. The summed E-state index contributed by atoms with van der Waals surface area (Å²) in [6.45, 7) is 0.910. The predicted molar refractivity (Wildman–Crippen MR) is 93.5 cm³/mol. The summed E-state index contributed by atoms with van der Waals surface area (Å²) < 4.78 is 4.92. The zero-order chi connectivity index (χ0) is 16.8. The summed E-state index contributed by atoms with van der Waals surface area (Å²) in [5, 5.41) is 7.11. The second kappa shape index (κ2) is 7.52. The second-order valence-corrected chi connectivity index (χ2v) is 5.18. The molecule has 0 aliphatic carbocycles. The van der Waals surface area contributed by atoms with Crippen molar-refractivity contribution in [2.75, 3.05) is 25.6 Å². The first-order chi connectivity index (χ1) is 11.8. The van der Waals surface area contributed by atoms with Gasteiger partial charge in [0.2, 0.25) is 0 Å². The van der Waals surface area contributed by atoms with E-state index in [1.807, 2.05) is 36.4 Å². The number of para-hydroxylation sites is 1. The third-order valence-electron chi connectivity index (χ3n) is 3.50. The average molecular weight is 322 g/mol. The highest BCUT2D eigenvalue weighted by molar-refractivity contribution is 5.94. The fourth-order valence-corrected chi connectivity index (χ4v) is 2.35. The van der Waals surface area contributed by atoms with Crippen molar-refractivity contribution >= 4 is 28.2 Å². The Morgan fingerprint density at radius 1 is 1.12 bits per heavy atom. The standard InChI is InChI=1S/C18H18N4O2/c1-24-11-10-21-18(23)16-12-14(7-9-19-16)22-15-6-2-4-13-5-3-8-20-17(13)15/h2-9,12H,10-11H2,1H3,(H,19,22)(H,21,23). The molecule has 0 unspecified atom stereocenters. The third kappa shape index (κ3) is 3.67. The summed E-state index contributed by atoms with van der Waals surface area (Å²) in [4.78, 5) is 20.6. The Kier molecular flexibility index (Phi) is 4.98. The van der Waals surface area contributed by atoms with Crippen LogP contribution in [0, 0.1) is 0 Å². The van der Waals surface area contributed by atoms with Crippen molar-refractivity contribution < 1.29 is 9.53 Å². The van der Waals surface area contributed by atoms with E-state index in [1.165, 1.54) is 0 Å². The Balaban J connectivity index is 1.80. The summed E-state index contributed by atoms with van der Waals surface area (Å²) in [6.07, 6.45) is 3.36. The molecule has 0 aliphatic heterocycles. The maximum atomic E-state index is 12.1. The molecule has 0 bridgehead atoms. The third-order valence-corrected chi connectivity index (χ3v) is 3.50. The lowest BCUT2D eigenvalue weighted by Crippen LogP contribution is -2.27. The van der Waals surface area contributed by atoms with Crippen LogP contribution in [0.2, 0.25) is 0 Å². The number of nitrogens with one attached hydrogen (secondary N) is 2. The first-order valence-electron chi connectivity index (χ1n) is 7.62. The van der Waals surface area contributed by atoms with Crippen LogP contribution in [-0.2, 0) is 4.74 Å². The van der Waals surface area contributed by atoms with Gasteiger partial charge in [0.15, 0.2) is 0 Å². The van der Waals surface area contributed by atoms with Gasteiger partial charge in [-0.15, -0.1) is 0 Å². The van der Waals surface area contributed by atoms with Crippen molar-refractivity contribution in [2.45, 2.75) is 0 Å². The van der Waals surface area contributed by atoms with Crippen LogP contribution in [0.25, 0.3) is 10.9 Å². The number of hydrogen-bond acceptors (Lipinski definition) is 5. The Morgan fingerprint density at radius 3 is 2.88 bits per heavy atom. The van der Waals surface area contributed by atoms with Gasteiger partial charge in [-0.25, -0.2) is 0 Å². The molecule has 3 rings (SSSR count). The fraction of sp³-hybridized carbons (Fsp3) is 0.167. The Bertz CT molecular complexity index is 846. The lowest BCUT2D eigenvalue weighted by Gasteiger charge is -2.10. The van der Waals surface area contributed by atoms with E-state index in [0.717, 1.165) is 22.3 Å². The van der Waals surface area contributed by atoms with E-state index in [1.54, 1.807) is 25.6 Å². The number of nitrogens with zero attached hydrogens (tertiary/aromatic N) is 2. The molecule has 0 spiro atoms. The van der Waals surface area contributed by atoms with Crippen molar-refractivity contribution in [2.24, 2.45) is 0 Å². The predicted octanol–water partition coefficient (Wildman–Crippen LogP) is 2.75. The molecule has 2 heterocycles. The monoisotopic (exact) mass is 322 g/mol. The van der Waals surface area contributed by atoms with Gasteiger partial charge in [0, 0.05) is 37.1 Å². The molecule has 6 nitrogen and oxygen atoms in total. The maximum absolute atomic E-state index is 12.1. The summed E-state index contributed by atoms with van der Waals surface area (Å²) in [5.74, 6) is -0.230. The van der Waals surface area contributed by atoms with Crippen molar-refractivity contribution in [1.82, 2.24) is 15.3 Å². The molecule has 1 aromatic carbocycles. The summed E-state index contributed by atoms with van der Waals surface area (Å²) in [6, 6.07) is 13.4. The van der Waals surface area contributed by atoms with Gasteiger partial charge in [-0.05, 0) is 24.3 Å². The molecule has 24 heavy (non-hydrogen) atoms. The Hall–Kier alpha value is -2.99. The first kappa shape index (κ1) is 15.9. The fourth-order valence-electron chi connectivity index (χ4n) is 2.35. The second-order valence-electron chi connectivity index (χ2n) is 5.18. The molecular weight excluding hydrogens is 304 g/mol. The van der Waals surface area contributed by atoms with Crippen LogP contribution in [0.1, 0.15) is 10.5 Å². The van der Waals surface area contributed by atoms with Crippen molar-refractivity contribution in [3.63, 3.8) is 0 Å². The van der Waals surface area contributed by atoms with Crippen LogP contribution in [-0.4, -0.2) is 36.1 Å². The summed E-state index contributed by atoms with van der Waals surface area (Å²) >= 11 is 0. The maximum Gasteiger partial charge on any atom is 0.270 e. The molecule has 0 fully saturated rings. The zero-order valence-corrected chi connectivity index (χ0v) is 13.3. The zero-order valence-electron chi connectivity index (χ0n) is 13.3. The number of fused-ring (bicyclic) bond motifs is 1. The normalized spacial score (nSPS) is 10.5. The van der Waals surface area contributed by atoms with E-state index in [9.17, 15) is 4.79 Å². The molecule has 122 valence electrons. The molecule has 0 aliphatic rings. The van der Waals surface area contributed by atoms with E-state index in [-0.39, 0.29) is 5.91 Å². The molecule has 0 radical (unpaired) electrons. The van der Waals surface area contributed by atoms with Gasteiger partial charge >= 0.3 is 0 Å². The lowest BCUT2D eigenvalue weighted by atomic mass is 10.2. The number of hydrogen-bond donors (Lipinski definition) is 2. The molecule has 0 atom stereocenters. The van der Waals surface area contributed by atoms with Gasteiger partial charge in [0.25, 0.3) is 5.91 Å². The molecule has 3 aromatic rings. The highest BCUT2D eigenvalue weighted by Gasteiger charge is 2.08. The number of carbonyl (C=O) groups is 1. The van der Waals surface area contributed by atoms with E-state index in [2.05, 4.69) is 20.6 Å². The molecule has 2 aromatic heterocycles. The van der Waals surface area contributed by atoms with Gasteiger partial charge in [0.05, 0.1) is 17.8 Å². The number of benzene rings is 1. The quantitative estimate of drug-likeness (QED) is 0.683. The van der Waals surface area contributed by atoms with Crippen molar-refractivity contribution in [3.05, 3.63) is 60.6 Å². The number of amides is 1. The van der Waals surface area contributed by atoms with E-state index in [4.69, 9.17) is 4.74 Å². The number of pyridine rings is 2. The van der Waals surface area contributed by atoms with Crippen LogP contribution < -0.4 is 10.6 Å². The van der Waals surface area contributed by atoms with Gasteiger partial charge < -0.3 is 15.4 Å². The van der Waals surface area contributed by atoms with Crippen LogP contribution >= 0.6 is 0 Å². The van der Waals surface area contributed by atoms with Crippen molar-refractivity contribution in [1.29, 1.82) is 0 Å². The molecule has 6 heteroatoms. The largest absolute Gasteiger partial charge is 0.383 e. The van der Waals surface area contributed by atoms with Gasteiger partial charge in [0.1, 0.15) is 5.69 Å². The Morgan fingerprint density at radius 2 is 2.00 bits per heavy atom. The van der Waals surface area contributed by atoms with Crippen LogP contribution in [0.4, 0.5) is 11.4 Å². The molecule has 0 saturated carbocycles. The SMILES string of the molecule is COCCNC(=O)c1cc(Nc2cccc3cccnc23)ccn1. The molecule has 1 amide bonds. The van der Waals surface area contributed by atoms with Crippen LogP contribution in [0.3, 0.4) is 0 Å². The number of carbonyl (C=O) groups excluding carboxylic acids is 1. The lowest BCUT2D eigenvalue weighted by molar-refractivity contribution is 0.0932. The molecule has 2 N–H and O–H groups in total. The molecular formula is C18H18N4O2. The minimum absolute atomic E-state index is 0.230. The van der Waals surface area contributed by atoms with Gasteiger partial charge in [-0.3, -0.25) is 14.8 Å². The Labute approximate surface area is 139 Å². The van der Waals surface area contributed by atoms with Gasteiger partial charge in [-0.2, -0.15) is 0 Å². The average Bonchev–Trinajstić information content (AvgIpc) is 2.62. The topological polar surface area (TPSA) is 76.1 Å². The van der Waals surface area contributed by atoms with E-state index >= 15 is 0 Å². The van der Waals surface area contributed by atoms with Crippen LogP contribution in [0.5, 0.6) is 0 Å². The van der Waals surface area contributed by atoms with Gasteiger partial charge in [-0.1, -0.05) is 18.2 Å². The summed E-state index contributed by atoms with van der Waals surface area (Å²) in [5.41, 5.74) is 2.89.